The minimum Gasteiger partial charge on any atom is -0.351 e. The van der Waals surface area contributed by atoms with Crippen LogP contribution in [0.1, 0.15) is 18.9 Å². The molecule has 0 N–H and O–H groups in total. The van der Waals surface area contributed by atoms with Gasteiger partial charge in [-0.25, -0.2) is 0 Å². The molecule has 0 fully saturated rings. The highest BCUT2D eigenvalue weighted by atomic mass is 14.9. The number of nitrogens with zero attached hydrogens (tertiary/aromatic N) is 1. The number of hydrogen-bond acceptors (Lipinski definition) is 0. The molecule has 1 aromatic heterocycles. The maximum absolute atomic E-state index is 2.29. The quantitative estimate of drug-likeness (QED) is 0.657. The molecule has 0 saturated carbocycles. The molecule has 0 unspecified atom stereocenters. The molecule has 1 heterocycles. The summed E-state index contributed by atoms with van der Waals surface area (Å²) in [5.41, 5.74) is 2.78. The summed E-state index contributed by atoms with van der Waals surface area (Å²) in [6.07, 6.45) is 4.51. The lowest BCUT2D eigenvalue weighted by atomic mass is 10.1. The Balaban J connectivity index is 2.53. The van der Waals surface area contributed by atoms with Gasteiger partial charge in [0.1, 0.15) is 0 Å². The third-order valence-corrected chi connectivity index (χ3v) is 2.49. The Bertz CT molecular complexity index is 412. The van der Waals surface area contributed by atoms with Gasteiger partial charge < -0.3 is 4.57 Å². The lowest BCUT2D eigenvalue weighted by Crippen LogP contribution is -1.87. The first kappa shape index (κ1) is 8.36. The molecule has 2 rings (SSSR count). The van der Waals surface area contributed by atoms with E-state index in [-0.39, 0.29) is 0 Å². The molecule has 68 valence electrons. The third-order valence-electron chi connectivity index (χ3n) is 2.49. The van der Waals surface area contributed by atoms with Gasteiger partial charge in [0, 0.05) is 18.8 Å². The van der Waals surface area contributed by atoms with Crippen LogP contribution in [-0.4, -0.2) is 4.57 Å². The van der Waals surface area contributed by atoms with Gasteiger partial charge in [0.2, 0.25) is 0 Å². The van der Waals surface area contributed by atoms with Crippen molar-refractivity contribution in [1.82, 2.24) is 4.57 Å². The number of aromatic nitrogens is 1. The van der Waals surface area contributed by atoms with E-state index >= 15 is 0 Å². The van der Waals surface area contributed by atoms with Crippen LogP contribution in [0.2, 0.25) is 0 Å². The molecule has 1 heteroatoms. The molecule has 0 bridgehead atoms. The van der Waals surface area contributed by atoms with Gasteiger partial charge >= 0.3 is 0 Å². The average Bonchev–Trinajstić information content (AvgIpc) is 2.49. The van der Waals surface area contributed by atoms with E-state index in [1.165, 1.54) is 29.3 Å². The smallest absolute Gasteiger partial charge is 0.0480 e. The van der Waals surface area contributed by atoms with E-state index < -0.39 is 0 Å². The Labute approximate surface area is 79.0 Å². The molecule has 0 saturated heterocycles. The Kier molecular flexibility index (Phi) is 2.09. The van der Waals surface area contributed by atoms with Gasteiger partial charge in [-0.3, -0.25) is 0 Å². The van der Waals surface area contributed by atoms with Crippen LogP contribution in [0.3, 0.4) is 0 Å². The lowest BCUT2D eigenvalue weighted by Gasteiger charge is -2.00. The maximum Gasteiger partial charge on any atom is 0.0480 e. The van der Waals surface area contributed by atoms with Gasteiger partial charge in [0.25, 0.3) is 0 Å². The van der Waals surface area contributed by atoms with Crippen LogP contribution in [-0.2, 0) is 13.5 Å². The highest BCUT2D eigenvalue weighted by molar-refractivity contribution is 5.80. The van der Waals surface area contributed by atoms with Crippen molar-refractivity contribution in [2.75, 3.05) is 0 Å². The van der Waals surface area contributed by atoms with Crippen molar-refractivity contribution in [3.05, 3.63) is 36.0 Å². The third kappa shape index (κ3) is 1.46. The molecule has 0 amide bonds. The Morgan fingerprint density at radius 1 is 1.23 bits per heavy atom. The summed E-state index contributed by atoms with van der Waals surface area (Å²) >= 11 is 0. The first-order valence-corrected chi connectivity index (χ1v) is 4.85. The van der Waals surface area contributed by atoms with Crippen molar-refractivity contribution >= 4 is 10.9 Å². The average molecular weight is 173 g/mol. The Hall–Kier alpha value is -1.24. The van der Waals surface area contributed by atoms with Gasteiger partial charge in [-0.15, -0.1) is 0 Å². The van der Waals surface area contributed by atoms with Gasteiger partial charge in [-0.05, 0) is 29.5 Å². The van der Waals surface area contributed by atoms with Gasteiger partial charge in [0.05, 0.1) is 0 Å². The van der Waals surface area contributed by atoms with E-state index in [9.17, 15) is 0 Å². The largest absolute Gasteiger partial charge is 0.351 e. The minimum absolute atomic E-state index is 1.18. The number of aryl methyl sites for hydroxylation is 2. The SMILES string of the molecule is CCCc1ccc2ccn(C)c2c1. The van der Waals surface area contributed by atoms with Crippen molar-refractivity contribution in [2.45, 2.75) is 19.8 Å². The molecule has 0 aliphatic carbocycles. The summed E-state index contributed by atoms with van der Waals surface area (Å²) in [5, 5.41) is 1.34. The topological polar surface area (TPSA) is 4.93 Å². The molecule has 1 aromatic carbocycles. The summed E-state index contributed by atoms with van der Waals surface area (Å²) in [6.45, 7) is 2.22. The number of rotatable bonds is 2. The molecular weight excluding hydrogens is 158 g/mol. The molecule has 0 radical (unpaired) electrons. The fraction of sp³-hybridized carbons (Fsp3) is 0.333. The van der Waals surface area contributed by atoms with Crippen LogP contribution in [0.4, 0.5) is 0 Å². The fourth-order valence-corrected chi connectivity index (χ4v) is 1.75. The van der Waals surface area contributed by atoms with Gasteiger partial charge in [0.15, 0.2) is 0 Å². The van der Waals surface area contributed by atoms with E-state index in [0.29, 0.717) is 0 Å². The molecule has 2 aromatic rings. The second-order valence-corrected chi connectivity index (χ2v) is 3.57. The molecule has 0 spiro atoms. The van der Waals surface area contributed by atoms with Crippen molar-refractivity contribution < 1.29 is 0 Å². The fourth-order valence-electron chi connectivity index (χ4n) is 1.75. The molecule has 0 aliphatic heterocycles. The van der Waals surface area contributed by atoms with Gasteiger partial charge in [-0.1, -0.05) is 25.5 Å². The molecule has 13 heavy (non-hydrogen) atoms. The van der Waals surface area contributed by atoms with Crippen molar-refractivity contribution in [2.24, 2.45) is 7.05 Å². The summed E-state index contributed by atoms with van der Waals surface area (Å²) in [4.78, 5) is 0. The second kappa shape index (κ2) is 3.25. The normalized spacial score (nSPS) is 10.9. The molecule has 1 nitrogen and oxygen atoms in total. The summed E-state index contributed by atoms with van der Waals surface area (Å²) in [7, 11) is 2.10. The summed E-state index contributed by atoms with van der Waals surface area (Å²) < 4.78 is 2.18. The summed E-state index contributed by atoms with van der Waals surface area (Å²) in [5.74, 6) is 0. The predicted molar refractivity (Wildman–Crippen MR) is 56.9 cm³/mol. The molecule has 0 aliphatic rings. The first-order chi connectivity index (χ1) is 6.31. The Morgan fingerprint density at radius 2 is 2.08 bits per heavy atom. The zero-order valence-electron chi connectivity index (χ0n) is 8.25. The van der Waals surface area contributed by atoms with E-state index in [1.54, 1.807) is 0 Å². The van der Waals surface area contributed by atoms with E-state index in [0.717, 1.165) is 0 Å². The zero-order valence-corrected chi connectivity index (χ0v) is 8.25. The van der Waals surface area contributed by atoms with E-state index in [1.807, 2.05) is 0 Å². The summed E-state index contributed by atoms with van der Waals surface area (Å²) in [6, 6.07) is 8.88. The first-order valence-electron chi connectivity index (χ1n) is 4.85. The Morgan fingerprint density at radius 3 is 2.85 bits per heavy atom. The van der Waals surface area contributed by atoms with Crippen molar-refractivity contribution in [1.29, 1.82) is 0 Å². The monoisotopic (exact) mass is 173 g/mol. The zero-order chi connectivity index (χ0) is 9.26. The number of benzene rings is 1. The predicted octanol–water partition coefficient (Wildman–Crippen LogP) is 3.13. The highest BCUT2D eigenvalue weighted by Crippen LogP contribution is 2.17. The highest BCUT2D eigenvalue weighted by Gasteiger charge is 1.98. The minimum atomic E-state index is 1.18. The van der Waals surface area contributed by atoms with Crippen LogP contribution in [0.5, 0.6) is 0 Å². The van der Waals surface area contributed by atoms with Crippen LogP contribution in [0.25, 0.3) is 10.9 Å². The maximum atomic E-state index is 2.29. The standard InChI is InChI=1S/C12H15N/c1-3-4-10-5-6-11-7-8-13(2)12(11)9-10/h5-9H,3-4H2,1-2H3. The van der Waals surface area contributed by atoms with Crippen molar-refractivity contribution in [3.8, 4) is 0 Å². The van der Waals surface area contributed by atoms with Crippen LogP contribution >= 0.6 is 0 Å². The molecular formula is C12H15N. The number of fused-ring (bicyclic) bond motifs is 1. The van der Waals surface area contributed by atoms with Crippen LogP contribution < -0.4 is 0 Å². The second-order valence-electron chi connectivity index (χ2n) is 3.57. The van der Waals surface area contributed by atoms with Crippen molar-refractivity contribution in [3.63, 3.8) is 0 Å². The van der Waals surface area contributed by atoms with E-state index in [4.69, 9.17) is 0 Å². The number of hydrogen-bond donors (Lipinski definition) is 0. The van der Waals surface area contributed by atoms with Crippen LogP contribution in [0.15, 0.2) is 30.5 Å². The van der Waals surface area contributed by atoms with E-state index in [2.05, 4.69) is 49.0 Å². The van der Waals surface area contributed by atoms with Crippen LogP contribution in [0, 0.1) is 0 Å². The molecule has 0 atom stereocenters. The lowest BCUT2D eigenvalue weighted by molar-refractivity contribution is 0.918. The van der Waals surface area contributed by atoms with Gasteiger partial charge in [-0.2, -0.15) is 0 Å².